The van der Waals surface area contributed by atoms with E-state index in [1.807, 2.05) is 29.9 Å². The van der Waals surface area contributed by atoms with Gasteiger partial charge in [-0.25, -0.2) is 4.98 Å². The van der Waals surface area contributed by atoms with E-state index in [1.165, 1.54) is 0 Å². The zero-order chi connectivity index (χ0) is 11.5. The molecule has 0 aliphatic carbocycles. The van der Waals surface area contributed by atoms with Crippen molar-refractivity contribution in [1.82, 2.24) is 19.7 Å². The zero-order valence-corrected chi connectivity index (χ0v) is 10.7. The maximum atomic E-state index is 5.17. The van der Waals surface area contributed by atoms with Gasteiger partial charge in [0, 0.05) is 12.7 Å². The summed E-state index contributed by atoms with van der Waals surface area (Å²) in [4.78, 5) is 4.32. The Kier molecular flexibility index (Phi) is 3.40. The highest BCUT2D eigenvalue weighted by atomic mass is 32.2. The second-order valence-corrected chi connectivity index (χ2v) is 4.34. The first-order chi connectivity index (χ1) is 7.77. The molecule has 0 fully saturated rings. The van der Waals surface area contributed by atoms with Crippen LogP contribution >= 0.6 is 24.0 Å². The Morgan fingerprint density at radius 3 is 3.06 bits per heavy atom. The SMILES string of the molecule is CCn1c(-c2cccnc2SC)n[nH]c1=S. The van der Waals surface area contributed by atoms with Gasteiger partial charge in [-0.15, -0.1) is 11.8 Å². The van der Waals surface area contributed by atoms with Crippen molar-refractivity contribution >= 4 is 24.0 Å². The maximum Gasteiger partial charge on any atom is 0.195 e. The molecule has 4 nitrogen and oxygen atoms in total. The first kappa shape index (κ1) is 11.3. The summed E-state index contributed by atoms with van der Waals surface area (Å²) in [6.07, 6.45) is 3.79. The summed E-state index contributed by atoms with van der Waals surface area (Å²) in [7, 11) is 0. The molecule has 2 heterocycles. The number of hydrogen-bond acceptors (Lipinski definition) is 4. The maximum absolute atomic E-state index is 5.17. The molecule has 1 N–H and O–H groups in total. The van der Waals surface area contributed by atoms with Crippen LogP contribution in [0.1, 0.15) is 6.92 Å². The lowest BCUT2D eigenvalue weighted by atomic mass is 10.2. The fourth-order valence-corrected chi connectivity index (χ4v) is 2.35. The Morgan fingerprint density at radius 2 is 2.38 bits per heavy atom. The first-order valence-electron chi connectivity index (χ1n) is 4.92. The van der Waals surface area contributed by atoms with Crippen molar-refractivity contribution in [1.29, 1.82) is 0 Å². The lowest BCUT2D eigenvalue weighted by molar-refractivity contribution is 0.753. The van der Waals surface area contributed by atoms with Crippen LogP contribution in [0.25, 0.3) is 11.4 Å². The van der Waals surface area contributed by atoms with E-state index in [2.05, 4.69) is 15.2 Å². The molecule has 2 aromatic heterocycles. The van der Waals surface area contributed by atoms with Crippen LogP contribution in [-0.2, 0) is 6.54 Å². The van der Waals surface area contributed by atoms with E-state index in [0.717, 1.165) is 23.0 Å². The molecule has 2 aromatic rings. The molecule has 6 heteroatoms. The van der Waals surface area contributed by atoms with Crippen LogP contribution in [0.2, 0.25) is 0 Å². The summed E-state index contributed by atoms with van der Waals surface area (Å²) in [5.41, 5.74) is 1.02. The molecule has 0 atom stereocenters. The van der Waals surface area contributed by atoms with Gasteiger partial charge >= 0.3 is 0 Å². The second-order valence-electron chi connectivity index (χ2n) is 3.16. The average molecular weight is 252 g/mol. The van der Waals surface area contributed by atoms with E-state index in [9.17, 15) is 0 Å². The molecule has 0 spiro atoms. The fourth-order valence-electron chi connectivity index (χ4n) is 1.54. The number of hydrogen-bond donors (Lipinski definition) is 1. The van der Waals surface area contributed by atoms with Crippen molar-refractivity contribution in [2.45, 2.75) is 18.5 Å². The van der Waals surface area contributed by atoms with Crippen molar-refractivity contribution in [3.63, 3.8) is 0 Å². The molecular weight excluding hydrogens is 240 g/mol. The van der Waals surface area contributed by atoms with Gasteiger partial charge in [-0.2, -0.15) is 5.10 Å². The van der Waals surface area contributed by atoms with Crippen molar-refractivity contribution in [2.75, 3.05) is 6.26 Å². The number of nitrogens with zero attached hydrogens (tertiary/aromatic N) is 3. The number of thioether (sulfide) groups is 1. The standard InChI is InChI=1S/C10H12N4S2/c1-3-14-8(12-13-10(14)15)7-5-4-6-11-9(7)16-2/h4-6H,3H2,1-2H3,(H,13,15). The van der Waals surface area contributed by atoms with E-state index in [1.54, 1.807) is 18.0 Å². The molecule has 84 valence electrons. The highest BCUT2D eigenvalue weighted by molar-refractivity contribution is 7.98. The number of rotatable bonds is 3. The molecule has 0 amide bonds. The monoisotopic (exact) mass is 252 g/mol. The molecule has 16 heavy (non-hydrogen) atoms. The summed E-state index contributed by atoms with van der Waals surface area (Å²) in [5.74, 6) is 0.852. The largest absolute Gasteiger partial charge is 0.300 e. The topological polar surface area (TPSA) is 46.5 Å². The molecule has 0 unspecified atom stereocenters. The van der Waals surface area contributed by atoms with Gasteiger partial charge in [0.15, 0.2) is 10.6 Å². The minimum Gasteiger partial charge on any atom is -0.300 e. The van der Waals surface area contributed by atoms with Gasteiger partial charge < -0.3 is 4.57 Å². The van der Waals surface area contributed by atoms with Crippen molar-refractivity contribution in [3.05, 3.63) is 23.1 Å². The normalized spacial score (nSPS) is 10.6. The summed E-state index contributed by atoms with van der Waals surface area (Å²) in [5, 5.41) is 8.04. The predicted molar refractivity (Wildman–Crippen MR) is 68.1 cm³/mol. The molecular formula is C10H12N4S2. The summed E-state index contributed by atoms with van der Waals surface area (Å²) in [6.45, 7) is 2.84. The predicted octanol–water partition coefficient (Wildman–Crippen LogP) is 2.74. The van der Waals surface area contributed by atoms with Crippen molar-refractivity contribution < 1.29 is 0 Å². The molecule has 0 saturated carbocycles. The quantitative estimate of drug-likeness (QED) is 0.674. The van der Waals surface area contributed by atoms with Crippen LogP contribution < -0.4 is 0 Å². The van der Waals surface area contributed by atoms with Crippen LogP contribution in [0.3, 0.4) is 0 Å². The van der Waals surface area contributed by atoms with E-state index in [4.69, 9.17) is 12.2 Å². The van der Waals surface area contributed by atoms with Gasteiger partial charge in [-0.3, -0.25) is 5.10 Å². The highest BCUT2D eigenvalue weighted by Crippen LogP contribution is 2.26. The number of aromatic amines is 1. The van der Waals surface area contributed by atoms with Crippen LogP contribution in [0.4, 0.5) is 0 Å². The molecule has 0 saturated heterocycles. The number of H-pyrrole nitrogens is 1. The van der Waals surface area contributed by atoms with Crippen LogP contribution in [0.15, 0.2) is 23.4 Å². The van der Waals surface area contributed by atoms with E-state index >= 15 is 0 Å². The van der Waals surface area contributed by atoms with Gasteiger partial charge in [0.1, 0.15) is 5.03 Å². The molecule has 2 rings (SSSR count). The molecule has 0 aliphatic rings. The van der Waals surface area contributed by atoms with E-state index in [-0.39, 0.29) is 0 Å². The Balaban J connectivity index is 2.62. The fraction of sp³-hybridized carbons (Fsp3) is 0.300. The Labute approximate surface area is 103 Å². The van der Waals surface area contributed by atoms with Gasteiger partial charge in [-0.1, -0.05) is 0 Å². The Bertz CT molecular complexity index is 544. The number of aromatic nitrogens is 4. The minimum absolute atomic E-state index is 0.647. The second kappa shape index (κ2) is 4.80. The average Bonchev–Trinajstić information content (AvgIpc) is 2.70. The van der Waals surface area contributed by atoms with Crippen LogP contribution in [0.5, 0.6) is 0 Å². The minimum atomic E-state index is 0.647. The van der Waals surface area contributed by atoms with Gasteiger partial charge in [0.25, 0.3) is 0 Å². The Hall–Kier alpha value is -1.14. The van der Waals surface area contributed by atoms with Gasteiger partial charge in [-0.05, 0) is 37.5 Å². The van der Waals surface area contributed by atoms with Crippen molar-refractivity contribution in [3.8, 4) is 11.4 Å². The zero-order valence-electron chi connectivity index (χ0n) is 9.10. The lowest BCUT2D eigenvalue weighted by Crippen LogP contribution is -1.99. The van der Waals surface area contributed by atoms with E-state index in [0.29, 0.717) is 4.77 Å². The third-order valence-corrected chi connectivity index (χ3v) is 3.30. The third-order valence-electron chi connectivity index (χ3n) is 2.28. The molecule has 0 aromatic carbocycles. The van der Waals surface area contributed by atoms with Crippen LogP contribution in [-0.4, -0.2) is 26.0 Å². The third kappa shape index (κ3) is 1.90. The van der Waals surface area contributed by atoms with Crippen molar-refractivity contribution in [2.24, 2.45) is 0 Å². The molecule has 0 aliphatic heterocycles. The first-order valence-corrected chi connectivity index (χ1v) is 6.55. The van der Waals surface area contributed by atoms with Crippen LogP contribution in [0, 0.1) is 4.77 Å². The number of nitrogens with one attached hydrogen (secondary N) is 1. The number of pyridine rings is 1. The molecule has 0 bridgehead atoms. The summed E-state index contributed by atoms with van der Waals surface area (Å²) < 4.78 is 2.61. The van der Waals surface area contributed by atoms with E-state index < -0.39 is 0 Å². The summed E-state index contributed by atoms with van der Waals surface area (Å²) >= 11 is 6.78. The summed E-state index contributed by atoms with van der Waals surface area (Å²) in [6, 6.07) is 3.92. The van der Waals surface area contributed by atoms with Gasteiger partial charge in [0.05, 0.1) is 5.56 Å². The highest BCUT2D eigenvalue weighted by Gasteiger charge is 2.11. The lowest BCUT2D eigenvalue weighted by Gasteiger charge is -2.06. The Morgan fingerprint density at radius 1 is 1.56 bits per heavy atom. The molecule has 0 radical (unpaired) electrons. The van der Waals surface area contributed by atoms with Gasteiger partial charge in [0.2, 0.25) is 0 Å². The smallest absolute Gasteiger partial charge is 0.195 e.